The minimum atomic E-state index is -4.46. The Kier molecular flexibility index (Phi) is 4.62. The minimum Gasteiger partial charge on any atom is -0.341 e. The third-order valence-electron chi connectivity index (χ3n) is 3.30. The largest absolute Gasteiger partial charge is 0.416 e. The average Bonchev–Trinajstić information content (AvgIpc) is 3.04. The standard InChI is InChI=1S/C15H12F3N5OS/c1-8(25-14-11-12(20-6-19-11)21-7-22-14)13(24)23-10-4-2-3-9(5-10)15(16,17)18/h2-8H,1H3,(H,23,24)(H,19,20,21,22)/t8-/m0/s1. The van der Waals surface area contributed by atoms with E-state index in [1.54, 1.807) is 6.92 Å². The van der Waals surface area contributed by atoms with Crippen molar-refractivity contribution in [3.8, 4) is 0 Å². The molecule has 1 amide bonds. The Hall–Kier alpha value is -2.62. The van der Waals surface area contributed by atoms with Crippen LogP contribution in [0.5, 0.6) is 0 Å². The first-order valence-corrected chi connectivity index (χ1v) is 8.01. The van der Waals surface area contributed by atoms with Crippen molar-refractivity contribution in [2.75, 3.05) is 5.32 Å². The summed E-state index contributed by atoms with van der Waals surface area (Å²) in [6, 6.07) is 4.49. The normalized spacial score (nSPS) is 13.0. The molecule has 0 spiro atoms. The van der Waals surface area contributed by atoms with Gasteiger partial charge in [0.15, 0.2) is 5.65 Å². The van der Waals surface area contributed by atoms with E-state index >= 15 is 0 Å². The zero-order chi connectivity index (χ0) is 18.0. The Morgan fingerprint density at radius 2 is 2.08 bits per heavy atom. The summed E-state index contributed by atoms with van der Waals surface area (Å²) in [7, 11) is 0. The molecule has 0 bridgehead atoms. The van der Waals surface area contributed by atoms with Crippen LogP contribution in [-0.2, 0) is 11.0 Å². The number of benzene rings is 1. The van der Waals surface area contributed by atoms with E-state index in [9.17, 15) is 18.0 Å². The molecule has 0 unspecified atom stereocenters. The highest BCUT2D eigenvalue weighted by atomic mass is 32.2. The second kappa shape index (κ2) is 6.71. The fraction of sp³-hybridized carbons (Fsp3) is 0.200. The molecule has 6 nitrogen and oxygen atoms in total. The van der Waals surface area contributed by atoms with Gasteiger partial charge < -0.3 is 10.3 Å². The van der Waals surface area contributed by atoms with E-state index in [-0.39, 0.29) is 5.69 Å². The van der Waals surface area contributed by atoms with E-state index in [0.29, 0.717) is 16.2 Å². The number of nitrogens with zero attached hydrogens (tertiary/aromatic N) is 3. The highest BCUT2D eigenvalue weighted by Crippen LogP contribution is 2.31. The predicted octanol–water partition coefficient (Wildman–Crippen LogP) is 3.49. The van der Waals surface area contributed by atoms with Crippen molar-refractivity contribution in [1.29, 1.82) is 0 Å². The summed E-state index contributed by atoms with van der Waals surface area (Å²) in [4.78, 5) is 27.3. The van der Waals surface area contributed by atoms with Gasteiger partial charge in [-0.05, 0) is 25.1 Å². The van der Waals surface area contributed by atoms with Crippen molar-refractivity contribution in [2.24, 2.45) is 0 Å². The quantitative estimate of drug-likeness (QED) is 0.545. The van der Waals surface area contributed by atoms with Crippen molar-refractivity contribution in [3.63, 3.8) is 0 Å². The van der Waals surface area contributed by atoms with E-state index in [4.69, 9.17) is 0 Å². The lowest BCUT2D eigenvalue weighted by Crippen LogP contribution is -2.22. The second-order valence-corrected chi connectivity index (χ2v) is 6.44. The molecule has 0 aliphatic rings. The van der Waals surface area contributed by atoms with Crippen molar-refractivity contribution < 1.29 is 18.0 Å². The van der Waals surface area contributed by atoms with Gasteiger partial charge in [-0.3, -0.25) is 4.79 Å². The van der Waals surface area contributed by atoms with E-state index in [2.05, 4.69) is 25.3 Å². The Morgan fingerprint density at radius 3 is 2.84 bits per heavy atom. The number of carbonyl (C=O) groups excluding carboxylic acids is 1. The Labute approximate surface area is 144 Å². The number of aromatic nitrogens is 4. The number of hydrogen-bond acceptors (Lipinski definition) is 5. The van der Waals surface area contributed by atoms with Gasteiger partial charge in [-0.15, -0.1) is 0 Å². The molecular weight excluding hydrogens is 355 g/mol. The highest BCUT2D eigenvalue weighted by Gasteiger charge is 2.30. The molecule has 0 aliphatic carbocycles. The maximum Gasteiger partial charge on any atom is 0.416 e. The molecule has 3 rings (SSSR count). The summed E-state index contributed by atoms with van der Waals surface area (Å²) in [5, 5.41) is 2.44. The van der Waals surface area contributed by atoms with Crippen molar-refractivity contribution >= 4 is 34.5 Å². The number of halogens is 3. The number of aromatic amines is 1. The van der Waals surface area contributed by atoms with Crippen LogP contribution in [0.4, 0.5) is 18.9 Å². The topological polar surface area (TPSA) is 83.6 Å². The lowest BCUT2D eigenvalue weighted by atomic mass is 10.2. The van der Waals surface area contributed by atoms with Crippen molar-refractivity contribution in [3.05, 3.63) is 42.5 Å². The molecule has 1 atom stereocenters. The van der Waals surface area contributed by atoms with Gasteiger partial charge in [-0.2, -0.15) is 13.2 Å². The van der Waals surface area contributed by atoms with Crippen LogP contribution in [0.1, 0.15) is 12.5 Å². The first kappa shape index (κ1) is 17.2. The summed E-state index contributed by atoms with van der Waals surface area (Å²) < 4.78 is 38.2. The predicted molar refractivity (Wildman–Crippen MR) is 87.1 cm³/mol. The molecule has 0 saturated heterocycles. The fourth-order valence-corrected chi connectivity index (χ4v) is 2.95. The average molecular weight is 367 g/mol. The first-order chi connectivity index (χ1) is 11.8. The van der Waals surface area contributed by atoms with Crippen LogP contribution < -0.4 is 5.32 Å². The molecule has 0 aliphatic heterocycles. The maximum atomic E-state index is 12.7. The Balaban J connectivity index is 1.72. The van der Waals surface area contributed by atoms with E-state index in [0.717, 1.165) is 23.9 Å². The number of amides is 1. The molecule has 0 fully saturated rings. The number of H-pyrrole nitrogens is 1. The molecule has 0 radical (unpaired) electrons. The summed E-state index contributed by atoms with van der Waals surface area (Å²) in [5.74, 6) is -0.435. The highest BCUT2D eigenvalue weighted by molar-refractivity contribution is 8.00. The Morgan fingerprint density at radius 1 is 1.28 bits per heavy atom. The molecule has 2 heterocycles. The monoisotopic (exact) mass is 367 g/mol. The number of rotatable bonds is 4. The smallest absolute Gasteiger partial charge is 0.341 e. The third-order valence-corrected chi connectivity index (χ3v) is 4.40. The third kappa shape index (κ3) is 3.90. The molecular formula is C15H12F3N5OS. The van der Waals surface area contributed by atoms with Gasteiger partial charge in [0.25, 0.3) is 0 Å². The van der Waals surface area contributed by atoms with Crippen molar-refractivity contribution in [1.82, 2.24) is 19.9 Å². The molecule has 1 aromatic carbocycles. The number of thioether (sulfide) groups is 1. The van der Waals surface area contributed by atoms with Crippen LogP contribution in [-0.4, -0.2) is 31.1 Å². The van der Waals surface area contributed by atoms with Crippen LogP contribution in [0.2, 0.25) is 0 Å². The number of carbonyl (C=O) groups is 1. The van der Waals surface area contributed by atoms with Gasteiger partial charge in [0.05, 0.1) is 17.1 Å². The van der Waals surface area contributed by atoms with E-state index in [1.807, 2.05) is 0 Å². The van der Waals surface area contributed by atoms with Crippen LogP contribution in [0, 0.1) is 0 Å². The number of imidazole rings is 1. The number of alkyl halides is 3. The molecule has 3 aromatic rings. The summed E-state index contributed by atoms with van der Waals surface area (Å²) >= 11 is 1.16. The molecule has 25 heavy (non-hydrogen) atoms. The zero-order valence-electron chi connectivity index (χ0n) is 12.8. The number of anilines is 1. The molecule has 0 saturated carbocycles. The number of hydrogen-bond donors (Lipinski definition) is 2. The van der Waals surface area contributed by atoms with Gasteiger partial charge in [-0.1, -0.05) is 17.8 Å². The van der Waals surface area contributed by atoms with Gasteiger partial charge >= 0.3 is 6.18 Å². The van der Waals surface area contributed by atoms with Gasteiger partial charge in [0.2, 0.25) is 5.91 Å². The lowest BCUT2D eigenvalue weighted by molar-refractivity contribution is -0.137. The van der Waals surface area contributed by atoms with Crippen molar-refractivity contribution in [2.45, 2.75) is 23.4 Å². The Bertz CT molecular complexity index is 911. The number of nitrogens with one attached hydrogen (secondary N) is 2. The van der Waals surface area contributed by atoms with Crippen LogP contribution in [0.3, 0.4) is 0 Å². The summed E-state index contributed by atoms with van der Waals surface area (Å²) in [6.07, 6.45) is -1.66. The van der Waals surface area contributed by atoms with Gasteiger partial charge in [0.1, 0.15) is 16.9 Å². The van der Waals surface area contributed by atoms with Crippen LogP contribution >= 0.6 is 11.8 Å². The molecule has 130 valence electrons. The van der Waals surface area contributed by atoms with Gasteiger partial charge in [0, 0.05) is 5.69 Å². The molecule has 2 aromatic heterocycles. The SMILES string of the molecule is C[C@H](Sc1ncnc2nc[nH]c12)C(=O)Nc1cccc(C(F)(F)F)c1. The molecule has 2 N–H and O–H groups in total. The van der Waals surface area contributed by atoms with E-state index < -0.39 is 22.9 Å². The first-order valence-electron chi connectivity index (χ1n) is 7.13. The lowest BCUT2D eigenvalue weighted by Gasteiger charge is -2.13. The van der Waals surface area contributed by atoms with Crippen LogP contribution in [0.25, 0.3) is 11.2 Å². The molecule has 10 heteroatoms. The minimum absolute atomic E-state index is 0.0849. The zero-order valence-corrected chi connectivity index (χ0v) is 13.6. The van der Waals surface area contributed by atoms with Gasteiger partial charge in [-0.25, -0.2) is 15.0 Å². The number of fused-ring (bicyclic) bond motifs is 1. The fourth-order valence-electron chi connectivity index (χ4n) is 2.07. The van der Waals surface area contributed by atoms with Crippen LogP contribution in [0.15, 0.2) is 41.9 Å². The maximum absolute atomic E-state index is 12.7. The second-order valence-electron chi connectivity index (χ2n) is 5.11. The van der Waals surface area contributed by atoms with E-state index in [1.165, 1.54) is 24.8 Å². The summed E-state index contributed by atoms with van der Waals surface area (Å²) in [6.45, 7) is 1.64. The summed E-state index contributed by atoms with van der Waals surface area (Å²) in [5.41, 5.74) is 0.344.